The number of aryl methyl sites for hydroxylation is 1. The van der Waals surface area contributed by atoms with Crippen LogP contribution in [0.3, 0.4) is 0 Å². The van der Waals surface area contributed by atoms with Crippen molar-refractivity contribution in [3.8, 4) is 0 Å². The van der Waals surface area contributed by atoms with Crippen molar-refractivity contribution in [3.05, 3.63) is 21.9 Å². The lowest BCUT2D eigenvalue weighted by Gasteiger charge is -2.27. The van der Waals surface area contributed by atoms with Crippen LogP contribution in [0.25, 0.3) is 0 Å². The summed E-state index contributed by atoms with van der Waals surface area (Å²) < 4.78 is 0.313. The van der Waals surface area contributed by atoms with E-state index in [-0.39, 0.29) is 18.1 Å². The van der Waals surface area contributed by atoms with E-state index in [0.29, 0.717) is 10.7 Å². The molecule has 2 fully saturated rings. The lowest BCUT2D eigenvalue weighted by Crippen LogP contribution is -2.38. The SMILES string of the molecule is CSC1(CN2C(=O)C(C(C)C)NC2c2ccc(C)s2)CC1. The second-order valence-electron chi connectivity index (χ2n) is 6.59. The first kappa shape index (κ1) is 15.4. The topological polar surface area (TPSA) is 32.3 Å². The largest absolute Gasteiger partial charge is 0.319 e. The standard InChI is InChI=1S/C16H24N2OS2/c1-10(2)13-15(19)18(9-16(20-4)7-8-16)14(17-13)12-6-5-11(3)21-12/h5-6,10,13-14,17H,7-9H2,1-4H3. The third kappa shape index (κ3) is 2.88. The lowest BCUT2D eigenvalue weighted by atomic mass is 10.1. The van der Waals surface area contributed by atoms with Crippen molar-refractivity contribution in [3.63, 3.8) is 0 Å². The molecular weight excluding hydrogens is 300 g/mol. The maximum atomic E-state index is 12.8. The first-order chi connectivity index (χ1) is 9.96. The second-order valence-corrected chi connectivity index (χ2v) is 9.19. The van der Waals surface area contributed by atoms with E-state index in [2.05, 4.69) is 49.4 Å². The summed E-state index contributed by atoms with van der Waals surface area (Å²) in [4.78, 5) is 17.5. The molecule has 0 bridgehead atoms. The molecule has 2 aliphatic rings. The fourth-order valence-corrected chi connectivity index (χ4v) is 4.73. The minimum absolute atomic E-state index is 0.0462. The van der Waals surface area contributed by atoms with E-state index in [1.807, 2.05) is 11.8 Å². The minimum atomic E-state index is -0.0462. The van der Waals surface area contributed by atoms with Crippen LogP contribution in [0.5, 0.6) is 0 Å². The molecule has 0 radical (unpaired) electrons. The van der Waals surface area contributed by atoms with E-state index in [1.165, 1.54) is 22.6 Å². The number of carbonyl (C=O) groups excluding carboxylic acids is 1. The summed E-state index contributed by atoms with van der Waals surface area (Å²) in [5.41, 5.74) is 0. The van der Waals surface area contributed by atoms with Crippen molar-refractivity contribution in [1.29, 1.82) is 0 Å². The van der Waals surface area contributed by atoms with Crippen molar-refractivity contribution in [2.45, 2.75) is 50.6 Å². The van der Waals surface area contributed by atoms with E-state index < -0.39 is 0 Å². The van der Waals surface area contributed by atoms with Gasteiger partial charge in [0.05, 0.1) is 6.04 Å². The Labute approximate surface area is 135 Å². The van der Waals surface area contributed by atoms with Crippen LogP contribution in [-0.4, -0.2) is 34.4 Å². The Hall–Kier alpha value is -0.520. The van der Waals surface area contributed by atoms with Crippen molar-refractivity contribution in [1.82, 2.24) is 10.2 Å². The predicted molar refractivity (Wildman–Crippen MR) is 90.8 cm³/mol. The normalized spacial score (nSPS) is 27.7. The Morgan fingerprint density at radius 1 is 1.48 bits per heavy atom. The summed E-state index contributed by atoms with van der Waals surface area (Å²) in [5, 5.41) is 3.57. The van der Waals surface area contributed by atoms with Gasteiger partial charge in [0.25, 0.3) is 0 Å². The number of nitrogens with one attached hydrogen (secondary N) is 1. The maximum Gasteiger partial charge on any atom is 0.241 e. The summed E-state index contributed by atoms with van der Waals surface area (Å²) in [7, 11) is 0. The number of thiophene rings is 1. The Morgan fingerprint density at radius 3 is 2.67 bits per heavy atom. The van der Waals surface area contributed by atoms with Gasteiger partial charge in [0, 0.05) is 21.0 Å². The fourth-order valence-electron chi connectivity index (χ4n) is 3.00. The molecule has 3 rings (SSSR count). The van der Waals surface area contributed by atoms with Crippen LogP contribution in [0.1, 0.15) is 42.6 Å². The van der Waals surface area contributed by atoms with Gasteiger partial charge in [-0.3, -0.25) is 10.1 Å². The third-order valence-electron chi connectivity index (χ3n) is 4.59. The highest BCUT2D eigenvalue weighted by Crippen LogP contribution is 2.49. The van der Waals surface area contributed by atoms with Crippen molar-refractivity contribution < 1.29 is 4.79 Å². The molecule has 0 aromatic carbocycles. The molecule has 1 saturated carbocycles. The van der Waals surface area contributed by atoms with Crippen LogP contribution < -0.4 is 5.32 Å². The zero-order valence-electron chi connectivity index (χ0n) is 13.2. The first-order valence-electron chi connectivity index (χ1n) is 7.64. The average molecular weight is 325 g/mol. The van der Waals surface area contributed by atoms with Gasteiger partial charge in [0.1, 0.15) is 6.17 Å². The third-order valence-corrected chi connectivity index (χ3v) is 7.05. The summed E-state index contributed by atoms with van der Waals surface area (Å²) in [5.74, 6) is 0.608. The number of amides is 1. The monoisotopic (exact) mass is 324 g/mol. The first-order valence-corrected chi connectivity index (χ1v) is 9.68. The Bertz CT molecular complexity index is 536. The van der Waals surface area contributed by atoms with Crippen LogP contribution >= 0.6 is 23.1 Å². The van der Waals surface area contributed by atoms with Gasteiger partial charge in [0.15, 0.2) is 0 Å². The summed E-state index contributed by atoms with van der Waals surface area (Å²) in [6.45, 7) is 7.25. The van der Waals surface area contributed by atoms with Crippen LogP contribution in [0.15, 0.2) is 12.1 Å². The summed E-state index contributed by atoms with van der Waals surface area (Å²) >= 11 is 3.72. The summed E-state index contributed by atoms with van der Waals surface area (Å²) in [6, 6.07) is 4.27. The number of hydrogen-bond donors (Lipinski definition) is 1. The molecule has 1 amide bonds. The molecule has 2 heterocycles. The minimum Gasteiger partial charge on any atom is -0.319 e. The quantitative estimate of drug-likeness (QED) is 0.901. The number of thioether (sulfide) groups is 1. The van der Waals surface area contributed by atoms with Gasteiger partial charge in [-0.1, -0.05) is 13.8 Å². The van der Waals surface area contributed by atoms with Crippen molar-refractivity contribution >= 4 is 29.0 Å². The molecule has 1 saturated heterocycles. The highest BCUT2D eigenvalue weighted by molar-refractivity contribution is 8.00. The number of nitrogens with zero attached hydrogens (tertiary/aromatic N) is 1. The molecule has 1 N–H and O–H groups in total. The fraction of sp³-hybridized carbons (Fsp3) is 0.688. The van der Waals surface area contributed by atoms with Gasteiger partial charge in [-0.25, -0.2) is 0 Å². The van der Waals surface area contributed by atoms with Gasteiger partial charge in [0.2, 0.25) is 5.91 Å². The molecule has 21 heavy (non-hydrogen) atoms. The molecule has 1 aromatic heterocycles. The highest BCUT2D eigenvalue weighted by Gasteiger charge is 2.49. The number of hydrogen-bond acceptors (Lipinski definition) is 4. The predicted octanol–water partition coefficient (Wildman–Crippen LogP) is 3.41. The molecule has 2 unspecified atom stereocenters. The highest BCUT2D eigenvalue weighted by atomic mass is 32.2. The van der Waals surface area contributed by atoms with E-state index in [1.54, 1.807) is 11.3 Å². The molecule has 3 nitrogen and oxygen atoms in total. The second kappa shape index (κ2) is 5.60. The van der Waals surface area contributed by atoms with E-state index in [9.17, 15) is 4.79 Å². The number of rotatable bonds is 5. The average Bonchev–Trinajstić information content (AvgIpc) is 2.98. The Morgan fingerprint density at radius 2 is 2.19 bits per heavy atom. The molecule has 2 atom stereocenters. The molecule has 1 aliphatic carbocycles. The van der Waals surface area contributed by atoms with Gasteiger partial charge < -0.3 is 4.90 Å². The molecule has 5 heteroatoms. The maximum absolute atomic E-state index is 12.8. The molecule has 116 valence electrons. The van der Waals surface area contributed by atoms with Gasteiger partial charge in [-0.15, -0.1) is 11.3 Å². The zero-order chi connectivity index (χ0) is 15.2. The van der Waals surface area contributed by atoms with E-state index in [4.69, 9.17) is 0 Å². The van der Waals surface area contributed by atoms with Gasteiger partial charge >= 0.3 is 0 Å². The van der Waals surface area contributed by atoms with Crippen LogP contribution in [-0.2, 0) is 4.79 Å². The lowest BCUT2D eigenvalue weighted by molar-refractivity contribution is -0.130. The van der Waals surface area contributed by atoms with Crippen LogP contribution in [0.2, 0.25) is 0 Å². The smallest absolute Gasteiger partial charge is 0.241 e. The summed E-state index contributed by atoms with van der Waals surface area (Å²) in [6.07, 6.45) is 4.71. The Balaban J connectivity index is 1.86. The van der Waals surface area contributed by atoms with Crippen molar-refractivity contribution in [2.75, 3.05) is 12.8 Å². The molecule has 0 spiro atoms. The van der Waals surface area contributed by atoms with Crippen LogP contribution in [0, 0.1) is 12.8 Å². The van der Waals surface area contributed by atoms with Crippen molar-refractivity contribution in [2.24, 2.45) is 5.92 Å². The zero-order valence-corrected chi connectivity index (χ0v) is 14.8. The molecular formula is C16H24N2OS2. The number of carbonyl (C=O) groups is 1. The van der Waals surface area contributed by atoms with Crippen LogP contribution in [0.4, 0.5) is 0 Å². The Kier molecular flexibility index (Phi) is 4.10. The van der Waals surface area contributed by atoms with Gasteiger partial charge in [-0.05, 0) is 44.1 Å². The molecule has 1 aromatic rings. The van der Waals surface area contributed by atoms with Gasteiger partial charge in [-0.2, -0.15) is 11.8 Å². The van der Waals surface area contributed by atoms with E-state index >= 15 is 0 Å². The van der Waals surface area contributed by atoms with E-state index in [0.717, 1.165) is 6.54 Å². The molecule has 1 aliphatic heterocycles.